The lowest BCUT2D eigenvalue weighted by molar-refractivity contribution is -0.123. The van der Waals surface area contributed by atoms with Crippen molar-refractivity contribution in [3.63, 3.8) is 0 Å². The fourth-order valence-electron chi connectivity index (χ4n) is 0.161. The van der Waals surface area contributed by atoms with Gasteiger partial charge in [0.05, 0.1) is 0 Å². The van der Waals surface area contributed by atoms with Crippen molar-refractivity contribution in [1.82, 2.24) is 0 Å². The molecule has 0 aliphatic rings. The molecule has 0 amide bonds. The Hall–Kier alpha value is 0.0169. The topological polar surface area (TPSA) is 0 Å². The van der Waals surface area contributed by atoms with Gasteiger partial charge in [-0.25, -0.2) is 12.3 Å². The summed E-state index contributed by atoms with van der Waals surface area (Å²) in [5.41, 5.74) is -6.05. The first-order valence-corrected chi connectivity index (χ1v) is 4.02. The average molecular weight is 221 g/mol. The first-order valence-electron chi connectivity index (χ1n) is 2.01. The molecule has 0 saturated heterocycles. The Bertz CT molecular complexity index is 128. The second kappa shape index (κ2) is 2.51. The summed E-state index contributed by atoms with van der Waals surface area (Å²) in [6, 6.07) is 0. The third kappa shape index (κ3) is 1.98. The Morgan fingerprint density at radius 3 is 1.18 bits per heavy atom. The highest BCUT2D eigenvalue weighted by Gasteiger charge is 2.77. The summed E-state index contributed by atoms with van der Waals surface area (Å²) in [6.07, 6.45) is 0. The highest BCUT2D eigenvalue weighted by atomic mass is 35.5. The molecule has 0 aromatic rings. The Morgan fingerprint density at radius 1 is 0.909 bits per heavy atom. The predicted molar refractivity (Wildman–Crippen MR) is 24.8 cm³/mol. The summed E-state index contributed by atoms with van der Waals surface area (Å²) < 4.78 is 79.1. The normalized spacial score (nSPS) is 15.3. The SMILES string of the molecule is FC(F)(Cl)C(F)(F)[Si](F)(F)F. The van der Waals surface area contributed by atoms with Gasteiger partial charge in [-0.3, -0.25) is 0 Å². The molecule has 0 aromatic heterocycles. The second-order valence-corrected chi connectivity index (χ2v) is 3.67. The standard InChI is InChI=1S/C2ClF7Si/c3-1(4,5)2(6,7)11(8,9)10. The van der Waals surface area contributed by atoms with Crippen LogP contribution in [0.2, 0.25) is 0 Å². The van der Waals surface area contributed by atoms with E-state index >= 15 is 0 Å². The van der Waals surface area contributed by atoms with Crippen LogP contribution in [0, 0.1) is 0 Å². The molecule has 0 heterocycles. The highest BCUT2D eigenvalue weighted by molar-refractivity contribution is 6.62. The zero-order chi connectivity index (χ0) is 9.50. The van der Waals surface area contributed by atoms with Gasteiger partial charge in [0.2, 0.25) is 0 Å². The minimum absolute atomic E-state index is 3.54. The van der Waals surface area contributed by atoms with Crippen molar-refractivity contribution in [1.29, 1.82) is 0 Å². The summed E-state index contributed by atoms with van der Waals surface area (Å²) in [4.78, 5) is 0. The van der Waals surface area contributed by atoms with E-state index in [9.17, 15) is 29.9 Å². The van der Waals surface area contributed by atoms with Crippen molar-refractivity contribution in [2.45, 2.75) is 10.9 Å². The smallest absolute Gasteiger partial charge is 0.234 e. The first-order chi connectivity index (χ1) is 4.50. The van der Waals surface area contributed by atoms with E-state index in [1.807, 2.05) is 0 Å². The van der Waals surface area contributed by atoms with Gasteiger partial charge in [-0.15, -0.1) is 0 Å². The largest absolute Gasteiger partial charge is 0.698 e. The Kier molecular flexibility index (Phi) is 2.51. The molecule has 0 unspecified atom stereocenters. The molecule has 0 radical (unpaired) electrons. The van der Waals surface area contributed by atoms with E-state index in [1.165, 1.54) is 0 Å². The van der Waals surface area contributed by atoms with Crippen molar-refractivity contribution in [2.24, 2.45) is 0 Å². The minimum Gasteiger partial charge on any atom is -0.234 e. The molecule has 0 bridgehead atoms. The van der Waals surface area contributed by atoms with Gasteiger partial charge in [0.15, 0.2) is 0 Å². The van der Waals surface area contributed by atoms with E-state index in [1.54, 1.807) is 0 Å². The Balaban J connectivity index is 4.75. The summed E-state index contributed by atoms with van der Waals surface area (Å²) in [6.45, 7) is 0. The molecule has 0 fully saturated rings. The van der Waals surface area contributed by atoms with Crippen LogP contribution >= 0.6 is 11.6 Å². The molecule has 0 spiro atoms. The minimum atomic E-state index is -7.74. The van der Waals surface area contributed by atoms with Crippen molar-refractivity contribution in [3.8, 4) is 0 Å². The second-order valence-electron chi connectivity index (χ2n) is 1.57. The molecule has 9 heteroatoms. The van der Waals surface area contributed by atoms with Crippen molar-refractivity contribution >= 4 is 20.7 Å². The van der Waals surface area contributed by atoms with Gasteiger partial charge in [-0.1, -0.05) is 0 Å². The molecule has 0 saturated carbocycles. The van der Waals surface area contributed by atoms with Crippen molar-refractivity contribution in [2.75, 3.05) is 0 Å². The molecule has 68 valence electrons. The molecule has 0 atom stereocenters. The number of alkyl halides is 5. The van der Waals surface area contributed by atoms with Crippen molar-refractivity contribution in [3.05, 3.63) is 0 Å². The van der Waals surface area contributed by atoms with Crippen LogP contribution in [-0.4, -0.2) is 20.0 Å². The maximum absolute atomic E-state index is 11.5. The van der Waals surface area contributed by atoms with Crippen molar-refractivity contribution < 1.29 is 29.9 Å². The average Bonchev–Trinajstić information content (AvgIpc) is 1.58. The van der Waals surface area contributed by atoms with E-state index in [0.717, 1.165) is 0 Å². The Morgan fingerprint density at radius 2 is 1.18 bits per heavy atom. The quantitative estimate of drug-likeness (QED) is 0.291. The molecule has 0 aliphatic heterocycles. The van der Waals surface area contributed by atoms with Crippen LogP contribution in [0.15, 0.2) is 0 Å². The molecule has 0 aliphatic carbocycles. The lowest BCUT2D eigenvalue weighted by atomic mass is 10.7. The number of hydrogen-bond acceptors (Lipinski definition) is 0. The molecule has 0 N–H and O–H groups in total. The molecular weight excluding hydrogens is 221 g/mol. The summed E-state index contributed by atoms with van der Waals surface area (Å²) >= 11 is 3.54. The van der Waals surface area contributed by atoms with E-state index < -0.39 is 20.0 Å². The van der Waals surface area contributed by atoms with E-state index in [0.29, 0.717) is 0 Å². The van der Waals surface area contributed by atoms with Crippen LogP contribution in [0.4, 0.5) is 29.9 Å². The lowest BCUT2D eigenvalue weighted by Crippen LogP contribution is -2.52. The molecular formula is C2ClF7Si. The zero-order valence-corrected chi connectivity index (χ0v) is 6.28. The molecule has 11 heavy (non-hydrogen) atoms. The van der Waals surface area contributed by atoms with Gasteiger partial charge >= 0.3 is 20.0 Å². The highest BCUT2D eigenvalue weighted by Crippen LogP contribution is 2.45. The molecule has 0 rings (SSSR count). The van der Waals surface area contributed by atoms with Gasteiger partial charge < -0.3 is 0 Å². The van der Waals surface area contributed by atoms with Gasteiger partial charge in [0.1, 0.15) is 0 Å². The van der Waals surface area contributed by atoms with Gasteiger partial charge in [-0.2, -0.15) is 17.6 Å². The van der Waals surface area contributed by atoms with Crippen LogP contribution < -0.4 is 0 Å². The molecule has 0 aromatic carbocycles. The third-order valence-electron chi connectivity index (χ3n) is 0.712. The van der Waals surface area contributed by atoms with Gasteiger partial charge in [0, 0.05) is 0 Å². The van der Waals surface area contributed by atoms with Crippen LogP contribution in [0.3, 0.4) is 0 Å². The van der Waals surface area contributed by atoms with Crippen LogP contribution in [-0.2, 0) is 0 Å². The number of halogens is 8. The molecule has 0 nitrogen and oxygen atoms in total. The van der Waals surface area contributed by atoms with E-state index in [-0.39, 0.29) is 0 Å². The van der Waals surface area contributed by atoms with Crippen LogP contribution in [0.5, 0.6) is 0 Å². The van der Waals surface area contributed by atoms with Crippen LogP contribution in [0.25, 0.3) is 0 Å². The zero-order valence-electron chi connectivity index (χ0n) is 4.52. The third-order valence-corrected chi connectivity index (χ3v) is 2.13. The summed E-state index contributed by atoms with van der Waals surface area (Å²) in [7, 11) is -7.74. The number of rotatable bonds is 2. The van der Waals surface area contributed by atoms with Crippen LogP contribution in [0.1, 0.15) is 0 Å². The first kappa shape index (κ1) is 11.0. The predicted octanol–water partition coefficient (Wildman–Crippen LogP) is 2.84. The van der Waals surface area contributed by atoms with E-state index in [2.05, 4.69) is 11.6 Å². The monoisotopic (exact) mass is 220 g/mol. The summed E-state index contributed by atoms with van der Waals surface area (Å²) in [5, 5.41) is -5.54. The van der Waals surface area contributed by atoms with E-state index in [4.69, 9.17) is 0 Å². The van der Waals surface area contributed by atoms with Gasteiger partial charge in [0.25, 0.3) is 0 Å². The summed E-state index contributed by atoms with van der Waals surface area (Å²) in [5.74, 6) is 0. The Labute approximate surface area is 62.5 Å². The number of hydrogen-bond donors (Lipinski definition) is 0. The maximum atomic E-state index is 11.5. The maximum Gasteiger partial charge on any atom is 0.698 e. The lowest BCUT2D eigenvalue weighted by Gasteiger charge is -2.20. The fourth-order valence-corrected chi connectivity index (χ4v) is 0.804. The fraction of sp³-hybridized carbons (Fsp3) is 1.00. The van der Waals surface area contributed by atoms with Gasteiger partial charge in [-0.05, 0) is 11.6 Å².